The quantitative estimate of drug-likeness (QED) is 0.673. The van der Waals surface area contributed by atoms with Crippen LogP contribution in [0.2, 0.25) is 0 Å². The minimum Gasteiger partial charge on any atom is -0.324 e. The van der Waals surface area contributed by atoms with E-state index in [1.807, 2.05) is 0 Å². The summed E-state index contributed by atoms with van der Waals surface area (Å²) in [6.45, 7) is 8.77. The van der Waals surface area contributed by atoms with Gasteiger partial charge in [-0.2, -0.15) is 0 Å². The van der Waals surface area contributed by atoms with Gasteiger partial charge in [0.25, 0.3) is 0 Å². The number of nitrogens with one attached hydrogen (secondary N) is 1. The zero-order valence-electron chi connectivity index (χ0n) is 8.61. The number of hydrogen-bond acceptors (Lipinski definition) is 2. The van der Waals surface area contributed by atoms with Crippen LogP contribution in [-0.2, 0) is 0 Å². The summed E-state index contributed by atoms with van der Waals surface area (Å²) < 4.78 is 0. The van der Waals surface area contributed by atoms with E-state index in [9.17, 15) is 0 Å². The van der Waals surface area contributed by atoms with Gasteiger partial charge in [0.05, 0.1) is 0 Å². The van der Waals surface area contributed by atoms with Crippen LogP contribution in [0.25, 0.3) is 0 Å². The van der Waals surface area contributed by atoms with Crippen LogP contribution in [0, 0.1) is 5.41 Å². The molecule has 1 fully saturated rings. The molecule has 0 aliphatic heterocycles. The third-order valence-electron chi connectivity index (χ3n) is 2.48. The molecule has 1 aliphatic rings. The molecule has 1 rings (SSSR count). The fourth-order valence-electron chi connectivity index (χ4n) is 1.49. The van der Waals surface area contributed by atoms with Crippen LogP contribution in [0.15, 0.2) is 0 Å². The Kier molecular flexibility index (Phi) is 2.79. The summed E-state index contributed by atoms with van der Waals surface area (Å²) in [5, 5.41) is 3.44. The molecule has 1 saturated carbocycles. The topological polar surface area (TPSA) is 38.0 Å². The molecule has 12 heavy (non-hydrogen) atoms. The van der Waals surface area contributed by atoms with Crippen LogP contribution < -0.4 is 11.1 Å². The first-order valence-electron chi connectivity index (χ1n) is 4.91. The summed E-state index contributed by atoms with van der Waals surface area (Å²) in [6, 6.07) is 0. The Morgan fingerprint density at radius 3 is 2.25 bits per heavy atom. The molecule has 0 atom stereocenters. The average molecular weight is 170 g/mol. The second kappa shape index (κ2) is 3.35. The SMILES string of the molecule is CC(C)(C)CNCC1(N)CCC1. The molecule has 0 aromatic carbocycles. The van der Waals surface area contributed by atoms with Crippen molar-refractivity contribution >= 4 is 0 Å². The zero-order chi connectivity index (χ0) is 9.24. The highest BCUT2D eigenvalue weighted by molar-refractivity contribution is 4.94. The predicted molar refractivity (Wildman–Crippen MR) is 53.1 cm³/mol. The van der Waals surface area contributed by atoms with Crippen molar-refractivity contribution in [3.05, 3.63) is 0 Å². The van der Waals surface area contributed by atoms with Gasteiger partial charge in [-0.1, -0.05) is 20.8 Å². The fourth-order valence-corrected chi connectivity index (χ4v) is 1.49. The van der Waals surface area contributed by atoms with Crippen LogP contribution in [0.3, 0.4) is 0 Å². The van der Waals surface area contributed by atoms with Crippen molar-refractivity contribution in [2.75, 3.05) is 13.1 Å². The summed E-state index contributed by atoms with van der Waals surface area (Å²) >= 11 is 0. The maximum absolute atomic E-state index is 6.07. The average Bonchev–Trinajstić information content (AvgIpc) is 1.81. The molecule has 0 amide bonds. The van der Waals surface area contributed by atoms with Gasteiger partial charge >= 0.3 is 0 Å². The molecule has 0 saturated heterocycles. The highest BCUT2D eigenvalue weighted by Gasteiger charge is 2.31. The maximum atomic E-state index is 6.07. The Morgan fingerprint density at radius 2 is 1.92 bits per heavy atom. The van der Waals surface area contributed by atoms with Crippen LogP contribution in [-0.4, -0.2) is 18.6 Å². The van der Waals surface area contributed by atoms with E-state index in [0.717, 1.165) is 13.1 Å². The summed E-state index contributed by atoms with van der Waals surface area (Å²) in [4.78, 5) is 0. The van der Waals surface area contributed by atoms with E-state index in [1.54, 1.807) is 0 Å². The molecule has 1 aliphatic carbocycles. The molecule has 2 nitrogen and oxygen atoms in total. The van der Waals surface area contributed by atoms with Gasteiger partial charge in [0.2, 0.25) is 0 Å². The molecule has 0 bridgehead atoms. The van der Waals surface area contributed by atoms with E-state index in [4.69, 9.17) is 5.73 Å². The Labute approximate surface area is 75.9 Å². The fraction of sp³-hybridized carbons (Fsp3) is 1.00. The van der Waals surface area contributed by atoms with Gasteiger partial charge in [-0.25, -0.2) is 0 Å². The molecule has 0 unspecified atom stereocenters. The molecule has 0 spiro atoms. The lowest BCUT2D eigenvalue weighted by Gasteiger charge is -2.39. The summed E-state index contributed by atoms with van der Waals surface area (Å²) in [7, 11) is 0. The van der Waals surface area contributed by atoms with E-state index in [-0.39, 0.29) is 5.54 Å². The van der Waals surface area contributed by atoms with Crippen molar-refractivity contribution in [2.24, 2.45) is 11.1 Å². The maximum Gasteiger partial charge on any atom is 0.0280 e. The number of nitrogens with two attached hydrogens (primary N) is 1. The van der Waals surface area contributed by atoms with Gasteiger partial charge in [-0.15, -0.1) is 0 Å². The van der Waals surface area contributed by atoms with E-state index in [0.29, 0.717) is 5.41 Å². The molecule has 0 aromatic rings. The molecule has 2 heteroatoms. The van der Waals surface area contributed by atoms with Crippen molar-refractivity contribution in [2.45, 2.75) is 45.6 Å². The smallest absolute Gasteiger partial charge is 0.0280 e. The van der Waals surface area contributed by atoms with Crippen LogP contribution in [0.1, 0.15) is 40.0 Å². The Morgan fingerprint density at radius 1 is 1.33 bits per heavy atom. The van der Waals surface area contributed by atoms with E-state index >= 15 is 0 Å². The minimum absolute atomic E-state index is 0.130. The Balaban J connectivity index is 2.10. The largest absolute Gasteiger partial charge is 0.324 e. The summed E-state index contributed by atoms with van der Waals surface area (Å²) in [5.74, 6) is 0. The molecular formula is C10H22N2. The Bertz CT molecular complexity index is 142. The highest BCUT2D eigenvalue weighted by atomic mass is 14.9. The molecular weight excluding hydrogens is 148 g/mol. The Hall–Kier alpha value is -0.0800. The van der Waals surface area contributed by atoms with E-state index in [2.05, 4.69) is 26.1 Å². The van der Waals surface area contributed by atoms with Crippen molar-refractivity contribution in [1.29, 1.82) is 0 Å². The molecule has 0 radical (unpaired) electrons. The van der Waals surface area contributed by atoms with Gasteiger partial charge in [0.1, 0.15) is 0 Å². The van der Waals surface area contributed by atoms with Crippen LogP contribution >= 0.6 is 0 Å². The summed E-state index contributed by atoms with van der Waals surface area (Å²) in [6.07, 6.45) is 3.71. The van der Waals surface area contributed by atoms with Crippen molar-refractivity contribution in [1.82, 2.24) is 5.32 Å². The van der Waals surface area contributed by atoms with Crippen LogP contribution in [0.4, 0.5) is 0 Å². The lowest BCUT2D eigenvalue weighted by Crippen LogP contribution is -2.54. The third-order valence-corrected chi connectivity index (χ3v) is 2.48. The van der Waals surface area contributed by atoms with Crippen LogP contribution in [0.5, 0.6) is 0 Å². The molecule has 0 aromatic heterocycles. The van der Waals surface area contributed by atoms with Crippen molar-refractivity contribution in [3.63, 3.8) is 0 Å². The van der Waals surface area contributed by atoms with E-state index < -0.39 is 0 Å². The zero-order valence-corrected chi connectivity index (χ0v) is 8.61. The van der Waals surface area contributed by atoms with Gasteiger partial charge in [-0.05, 0) is 24.7 Å². The van der Waals surface area contributed by atoms with Gasteiger partial charge in [0.15, 0.2) is 0 Å². The first-order chi connectivity index (χ1) is 5.41. The lowest BCUT2D eigenvalue weighted by molar-refractivity contribution is 0.228. The third kappa shape index (κ3) is 3.11. The first kappa shape index (κ1) is 10.0. The van der Waals surface area contributed by atoms with Gasteiger partial charge in [0, 0.05) is 18.6 Å². The second-order valence-electron chi connectivity index (χ2n) is 5.38. The number of hydrogen-bond donors (Lipinski definition) is 2. The minimum atomic E-state index is 0.130. The monoisotopic (exact) mass is 170 g/mol. The predicted octanol–water partition coefficient (Wildman–Crippen LogP) is 1.50. The standard InChI is InChI=1S/C10H22N2/c1-9(2,3)7-12-8-10(11)5-4-6-10/h12H,4-8,11H2,1-3H3. The molecule has 72 valence electrons. The number of rotatable bonds is 3. The lowest BCUT2D eigenvalue weighted by atomic mass is 9.77. The normalized spacial score (nSPS) is 22.0. The molecule has 0 heterocycles. The first-order valence-corrected chi connectivity index (χ1v) is 4.91. The van der Waals surface area contributed by atoms with Gasteiger partial charge in [-0.3, -0.25) is 0 Å². The van der Waals surface area contributed by atoms with Crippen molar-refractivity contribution < 1.29 is 0 Å². The van der Waals surface area contributed by atoms with E-state index in [1.165, 1.54) is 19.3 Å². The van der Waals surface area contributed by atoms with Crippen molar-refractivity contribution in [3.8, 4) is 0 Å². The molecule has 3 N–H and O–H groups in total. The van der Waals surface area contributed by atoms with Gasteiger partial charge < -0.3 is 11.1 Å². The second-order valence-corrected chi connectivity index (χ2v) is 5.38. The highest BCUT2D eigenvalue weighted by Crippen LogP contribution is 2.28. The summed E-state index contributed by atoms with van der Waals surface area (Å²) in [5.41, 5.74) is 6.57.